The summed E-state index contributed by atoms with van der Waals surface area (Å²) in [6.45, 7) is 5.57. The average Bonchev–Trinajstić information content (AvgIpc) is 2.94. The molecule has 0 saturated heterocycles. The summed E-state index contributed by atoms with van der Waals surface area (Å²) in [5.74, 6) is 0.0497. The van der Waals surface area contributed by atoms with E-state index in [-0.39, 0.29) is 11.9 Å². The van der Waals surface area contributed by atoms with E-state index in [0.29, 0.717) is 0 Å². The van der Waals surface area contributed by atoms with Gasteiger partial charge in [-0.1, -0.05) is 25.1 Å². The third-order valence-electron chi connectivity index (χ3n) is 4.06. The molecule has 1 aliphatic heterocycles. The Labute approximate surface area is 136 Å². The third-order valence-corrected chi connectivity index (χ3v) is 5.27. The number of para-hydroxylation sites is 1. The minimum absolute atomic E-state index is 0.0497. The van der Waals surface area contributed by atoms with Crippen LogP contribution in [-0.4, -0.2) is 18.5 Å². The highest BCUT2D eigenvalue weighted by atomic mass is 32.1. The number of hydrogen-bond donors (Lipinski definition) is 1. The summed E-state index contributed by atoms with van der Waals surface area (Å²) in [5.41, 5.74) is 2.62. The maximum absolute atomic E-state index is 11.4. The van der Waals surface area contributed by atoms with Gasteiger partial charge in [-0.3, -0.25) is 4.79 Å². The van der Waals surface area contributed by atoms with E-state index in [0.717, 1.165) is 25.9 Å². The first-order chi connectivity index (χ1) is 10.7. The highest BCUT2D eigenvalue weighted by molar-refractivity contribution is 7.12. The lowest BCUT2D eigenvalue weighted by Crippen LogP contribution is -2.47. The van der Waals surface area contributed by atoms with Crippen molar-refractivity contribution in [3.8, 4) is 0 Å². The zero-order valence-corrected chi connectivity index (χ0v) is 14.0. The maximum Gasteiger partial charge on any atom is 0.217 e. The van der Waals surface area contributed by atoms with Crippen LogP contribution < -0.4 is 10.2 Å². The molecular weight excluding hydrogens is 292 g/mol. The lowest BCUT2D eigenvalue weighted by molar-refractivity contribution is -0.119. The normalized spacial score (nSPS) is 17.2. The molecule has 22 heavy (non-hydrogen) atoms. The van der Waals surface area contributed by atoms with Crippen LogP contribution in [0, 0.1) is 0 Å². The highest BCUT2D eigenvalue weighted by Crippen LogP contribution is 2.30. The lowest BCUT2D eigenvalue weighted by Gasteiger charge is -2.36. The molecule has 0 saturated carbocycles. The van der Waals surface area contributed by atoms with Crippen molar-refractivity contribution >= 4 is 22.9 Å². The summed E-state index contributed by atoms with van der Waals surface area (Å²) in [6, 6.07) is 13.2. The van der Waals surface area contributed by atoms with Crippen LogP contribution in [0.1, 0.15) is 29.2 Å². The second-order valence-corrected chi connectivity index (χ2v) is 7.09. The summed E-state index contributed by atoms with van der Waals surface area (Å²) in [6.07, 6.45) is 2.01. The molecule has 4 heteroatoms. The quantitative estimate of drug-likeness (QED) is 0.938. The number of fused-ring (bicyclic) bond motifs is 1. The Kier molecular flexibility index (Phi) is 4.48. The van der Waals surface area contributed by atoms with Gasteiger partial charge in [-0.25, -0.2) is 0 Å². The summed E-state index contributed by atoms with van der Waals surface area (Å²) in [4.78, 5) is 16.6. The molecule has 1 aromatic heterocycles. The van der Waals surface area contributed by atoms with Crippen molar-refractivity contribution in [2.75, 3.05) is 11.4 Å². The molecule has 1 unspecified atom stereocenters. The van der Waals surface area contributed by atoms with Crippen LogP contribution in [0.15, 0.2) is 36.4 Å². The number of hydrogen-bond acceptors (Lipinski definition) is 3. The number of aryl methyl sites for hydroxylation is 1. The van der Waals surface area contributed by atoms with Crippen molar-refractivity contribution < 1.29 is 4.79 Å². The largest absolute Gasteiger partial charge is 0.364 e. The van der Waals surface area contributed by atoms with Gasteiger partial charge in [-0.15, -0.1) is 11.3 Å². The predicted molar refractivity (Wildman–Crippen MR) is 92.5 cm³/mol. The molecule has 1 aromatic carbocycles. The fourth-order valence-corrected chi connectivity index (χ4v) is 4.08. The van der Waals surface area contributed by atoms with Gasteiger partial charge < -0.3 is 10.2 Å². The Balaban J connectivity index is 1.82. The molecule has 0 bridgehead atoms. The molecule has 116 valence electrons. The van der Waals surface area contributed by atoms with E-state index < -0.39 is 0 Å². The van der Waals surface area contributed by atoms with Crippen LogP contribution in [0.25, 0.3) is 0 Å². The van der Waals surface area contributed by atoms with Gasteiger partial charge >= 0.3 is 0 Å². The molecule has 1 N–H and O–H groups in total. The first kappa shape index (κ1) is 15.1. The number of nitrogens with one attached hydrogen (secondary N) is 1. The number of anilines is 1. The molecule has 2 heterocycles. The second kappa shape index (κ2) is 6.53. The Morgan fingerprint density at radius 1 is 1.27 bits per heavy atom. The molecule has 1 amide bonds. The molecule has 2 aromatic rings. The lowest BCUT2D eigenvalue weighted by atomic mass is 9.97. The molecule has 0 fully saturated rings. The van der Waals surface area contributed by atoms with E-state index in [9.17, 15) is 4.79 Å². The van der Waals surface area contributed by atoms with Crippen LogP contribution in [0.5, 0.6) is 0 Å². The number of amides is 1. The SMILES string of the molecule is CCc1ccc(CN2CC(NC(C)=O)Cc3ccccc32)s1. The van der Waals surface area contributed by atoms with Crippen molar-refractivity contribution in [2.24, 2.45) is 0 Å². The minimum atomic E-state index is 0.0497. The predicted octanol–water partition coefficient (Wildman–Crippen LogP) is 3.38. The summed E-state index contributed by atoms with van der Waals surface area (Å²) in [5, 5.41) is 3.08. The number of nitrogens with zero attached hydrogens (tertiary/aromatic N) is 1. The number of thiophene rings is 1. The van der Waals surface area contributed by atoms with Gasteiger partial charge in [0.1, 0.15) is 0 Å². The topological polar surface area (TPSA) is 32.3 Å². The Morgan fingerprint density at radius 3 is 2.77 bits per heavy atom. The van der Waals surface area contributed by atoms with Gasteiger partial charge in [-0.2, -0.15) is 0 Å². The highest BCUT2D eigenvalue weighted by Gasteiger charge is 2.24. The first-order valence-electron chi connectivity index (χ1n) is 7.83. The molecular formula is C18H22N2OS. The van der Waals surface area contributed by atoms with E-state index in [1.165, 1.54) is 21.0 Å². The van der Waals surface area contributed by atoms with E-state index in [1.807, 2.05) is 11.3 Å². The van der Waals surface area contributed by atoms with Crippen molar-refractivity contribution in [1.29, 1.82) is 0 Å². The molecule has 0 radical (unpaired) electrons. The van der Waals surface area contributed by atoms with Crippen LogP contribution in [0.3, 0.4) is 0 Å². The second-order valence-electron chi connectivity index (χ2n) is 5.83. The third kappa shape index (κ3) is 3.33. The average molecular weight is 314 g/mol. The molecule has 3 rings (SSSR count). The van der Waals surface area contributed by atoms with Crippen LogP contribution in [-0.2, 0) is 24.2 Å². The Morgan fingerprint density at radius 2 is 2.05 bits per heavy atom. The summed E-state index contributed by atoms with van der Waals surface area (Å²) < 4.78 is 0. The maximum atomic E-state index is 11.4. The van der Waals surface area contributed by atoms with E-state index in [4.69, 9.17) is 0 Å². The minimum Gasteiger partial charge on any atom is -0.364 e. The van der Waals surface area contributed by atoms with Gasteiger partial charge in [0.25, 0.3) is 0 Å². The molecule has 0 aliphatic carbocycles. The van der Waals surface area contributed by atoms with Gasteiger partial charge in [0.15, 0.2) is 0 Å². The number of carbonyl (C=O) groups excluding carboxylic acids is 1. The Bertz CT molecular complexity index is 665. The van der Waals surface area contributed by atoms with E-state index in [2.05, 4.69) is 53.5 Å². The molecule has 0 spiro atoms. The van der Waals surface area contributed by atoms with Crippen LogP contribution >= 0.6 is 11.3 Å². The van der Waals surface area contributed by atoms with E-state index >= 15 is 0 Å². The monoisotopic (exact) mass is 314 g/mol. The van der Waals surface area contributed by atoms with E-state index in [1.54, 1.807) is 6.92 Å². The van der Waals surface area contributed by atoms with Crippen molar-refractivity contribution in [2.45, 2.75) is 39.3 Å². The van der Waals surface area contributed by atoms with Crippen molar-refractivity contribution in [3.05, 3.63) is 51.7 Å². The number of rotatable bonds is 4. The zero-order valence-electron chi connectivity index (χ0n) is 13.1. The fraction of sp³-hybridized carbons (Fsp3) is 0.389. The van der Waals surface area contributed by atoms with Crippen molar-refractivity contribution in [3.63, 3.8) is 0 Å². The molecule has 1 aliphatic rings. The Hall–Kier alpha value is -1.81. The standard InChI is InChI=1S/C18H22N2OS/c1-3-16-8-9-17(22-16)12-20-11-15(19-13(2)21)10-14-6-4-5-7-18(14)20/h4-9,15H,3,10-12H2,1-2H3,(H,19,21). The van der Waals surface area contributed by atoms with Crippen molar-refractivity contribution in [1.82, 2.24) is 5.32 Å². The van der Waals surface area contributed by atoms with Gasteiger partial charge in [0.2, 0.25) is 5.91 Å². The van der Waals surface area contributed by atoms with Gasteiger partial charge in [0, 0.05) is 28.9 Å². The summed E-state index contributed by atoms with van der Waals surface area (Å²) >= 11 is 1.89. The summed E-state index contributed by atoms with van der Waals surface area (Å²) in [7, 11) is 0. The van der Waals surface area contributed by atoms with Gasteiger partial charge in [-0.05, 0) is 36.6 Å². The van der Waals surface area contributed by atoms with Crippen LogP contribution in [0.2, 0.25) is 0 Å². The molecule has 3 nitrogen and oxygen atoms in total. The van der Waals surface area contributed by atoms with Gasteiger partial charge in [0.05, 0.1) is 12.6 Å². The number of benzene rings is 1. The fourth-order valence-electron chi connectivity index (χ4n) is 3.11. The smallest absolute Gasteiger partial charge is 0.217 e. The zero-order chi connectivity index (χ0) is 15.5. The first-order valence-corrected chi connectivity index (χ1v) is 8.65. The molecule has 1 atom stereocenters. The van der Waals surface area contributed by atoms with Crippen LogP contribution in [0.4, 0.5) is 5.69 Å². The number of carbonyl (C=O) groups is 1.